The first-order chi connectivity index (χ1) is 8.51. The van der Waals surface area contributed by atoms with Gasteiger partial charge >= 0.3 is 0 Å². The highest BCUT2D eigenvalue weighted by molar-refractivity contribution is 7.89. The van der Waals surface area contributed by atoms with E-state index in [0.717, 1.165) is 5.69 Å². The molecule has 6 nitrogen and oxygen atoms in total. The van der Waals surface area contributed by atoms with Crippen molar-refractivity contribution in [1.29, 1.82) is 0 Å². The predicted octanol–water partition coefficient (Wildman–Crippen LogP) is -0.105. The highest BCUT2D eigenvalue weighted by Gasteiger charge is 2.26. The molecule has 2 rings (SSSR count). The van der Waals surface area contributed by atoms with E-state index in [1.165, 1.54) is 6.07 Å². The number of hydrogen-bond acceptors (Lipinski definition) is 4. The predicted molar refractivity (Wildman–Crippen MR) is 67.7 cm³/mol. The van der Waals surface area contributed by atoms with E-state index in [2.05, 4.69) is 15.4 Å². The standard InChI is InChI=1S/C11H15N3O3S/c1-12-8-3-2-4-10(5-8)18(16,17)14-9-6-11(15)13-7-9/h2-5,9,12,14H,6-7H2,1H3,(H,13,15). The van der Waals surface area contributed by atoms with Crippen molar-refractivity contribution < 1.29 is 13.2 Å². The van der Waals surface area contributed by atoms with E-state index < -0.39 is 10.0 Å². The Hall–Kier alpha value is -1.60. The number of rotatable bonds is 4. The van der Waals surface area contributed by atoms with Crippen molar-refractivity contribution in [2.24, 2.45) is 0 Å². The van der Waals surface area contributed by atoms with Crippen LogP contribution in [0.1, 0.15) is 6.42 Å². The molecule has 1 amide bonds. The monoisotopic (exact) mass is 269 g/mol. The van der Waals surface area contributed by atoms with Crippen LogP contribution in [0.15, 0.2) is 29.2 Å². The topological polar surface area (TPSA) is 87.3 Å². The Kier molecular flexibility index (Phi) is 3.53. The van der Waals surface area contributed by atoms with Gasteiger partial charge in [-0.05, 0) is 18.2 Å². The van der Waals surface area contributed by atoms with E-state index in [1.807, 2.05) is 0 Å². The zero-order chi connectivity index (χ0) is 13.2. The van der Waals surface area contributed by atoms with Crippen molar-refractivity contribution in [3.8, 4) is 0 Å². The Bertz CT molecular complexity index is 556. The fourth-order valence-electron chi connectivity index (χ4n) is 1.79. The molecule has 1 fully saturated rings. The maximum absolute atomic E-state index is 12.1. The van der Waals surface area contributed by atoms with Crippen LogP contribution < -0.4 is 15.4 Å². The lowest BCUT2D eigenvalue weighted by atomic mass is 10.3. The van der Waals surface area contributed by atoms with Crippen LogP contribution in [0.2, 0.25) is 0 Å². The molecule has 1 aromatic carbocycles. The van der Waals surface area contributed by atoms with Crippen molar-refractivity contribution in [3.05, 3.63) is 24.3 Å². The molecule has 0 spiro atoms. The summed E-state index contributed by atoms with van der Waals surface area (Å²) in [5.74, 6) is -0.133. The molecule has 0 radical (unpaired) electrons. The normalized spacial score (nSPS) is 19.6. The van der Waals surface area contributed by atoms with Crippen molar-refractivity contribution in [3.63, 3.8) is 0 Å². The van der Waals surface area contributed by atoms with E-state index in [1.54, 1.807) is 25.2 Å². The number of sulfonamides is 1. The van der Waals surface area contributed by atoms with Crippen molar-refractivity contribution >= 4 is 21.6 Å². The van der Waals surface area contributed by atoms with Gasteiger partial charge in [-0.15, -0.1) is 0 Å². The third kappa shape index (κ3) is 2.80. The minimum atomic E-state index is -3.58. The van der Waals surface area contributed by atoms with Crippen molar-refractivity contribution in [1.82, 2.24) is 10.0 Å². The number of nitrogens with one attached hydrogen (secondary N) is 3. The number of anilines is 1. The fourth-order valence-corrected chi connectivity index (χ4v) is 3.08. The van der Waals surface area contributed by atoms with Gasteiger partial charge in [-0.25, -0.2) is 13.1 Å². The molecule has 1 aliphatic rings. The first-order valence-corrected chi connectivity index (χ1v) is 7.06. The van der Waals surface area contributed by atoms with Gasteiger partial charge < -0.3 is 10.6 Å². The van der Waals surface area contributed by atoms with E-state index in [4.69, 9.17) is 0 Å². The number of hydrogen-bond donors (Lipinski definition) is 3. The molecule has 1 aromatic rings. The van der Waals surface area contributed by atoms with Crippen LogP contribution in [0.3, 0.4) is 0 Å². The smallest absolute Gasteiger partial charge is 0.240 e. The quantitative estimate of drug-likeness (QED) is 0.712. The third-order valence-corrected chi connectivity index (χ3v) is 4.25. The second-order valence-corrected chi connectivity index (χ2v) is 5.82. The minimum absolute atomic E-state index is 0.133. The first kappa shape index (κ1) is 12.8. The average Bonchev–Trinajstić information content (AvgIpc) is 2.74. The average molecular weight is 269 g/mol. The first-order valence-electron chi connectivity index (χ1n) is 5.58. The molecule has 1 heterocycles. The van der Waals surface area contributed by atoms with Gasteiger partial charge in [0.15, 0.2) is 0 Å². The number of carbonyl (C=O) groups excluding carboxylic acids is 1. The van der Waals surface area contributed by atoms with Gasteiger partial charge in [0.2, 0.25) is 15.9 Å². The Morgan fingerprint density at radius 3 is 2.78 bits per heavy atom. The Morgan fingerprint density at radius 2 is 2.17 bits per heavy atom. The van der Waals surface area contributed by atoms with Gasteiger partial charge in [0.25, 0.3) is 0 Å². The summed E-state index contributed by atoms with van der Waals surface area (Å²) in [4.78, 5) is 11.2. The molecule has 0 aliphatic carbocycles. The summed E-state index contributed by atoms with van der Waals surface area (Å²) in [6.45, 7) is 0.337. The van der Waals surface area contributed by atoms with E-state index in [0.29, 0.717) is 6.54 Å². The van der Waals surface area contributed by atoms with Gasteiger partial charge in [-0.3, -0.25) is 4.79 Å². The summed E-state index contributed by atoms with van der Waals surface area (Å²) in [6.07, 6.45) is 0.185. The van der Waals surface area contributed by atoms with Gasteiger partial charge in [0, 0.05) is 31.7 Å². The maximum atomic E-state index is 12.1. The summed E-state index contributed by atoms with van der Waals surface area (Å²) >= 11 is 0. The van der Waals surface area contributed by atoms with E-state index in [-0.39, 0.29) is 23.3 Å². The Labute approximate surface area is 106 Å². The van der Waals surface area contributed by atoms with Gasteiger partial charge in [-0.1, -0.05) is 6.07 Å². The molecule has 1 saturated heterocycles. The van der Waals surface area contributed by atoms with E-state index in [9.17, 15) is 13.2 Å². The highest BCUT2D eigenvalue weighted by atomic mass is 32.2. The molecule has 0 aromatic heterocycles. The second-order valence-electron chi connectivity index (χ2n) is 4.10. The van der Waals surface area contributed by atoms with Gasteiger partial charge in [0.1, 0.15) is 0 Å². The van der Waals surface area contributed by atoms with Crippen LogP contribution in [-0.4, -0.2) is 34.0 Å². The number of carbonyl (C=O) groups is 1. The van der Waals surface area contributed by atoms with Crippen molar-refractivity contribution in [2.75, 3.05) is 18.9 Å². The number of benzene rings is 1. The molecule has 98 valence electrons. The van der Waals surface area contributed by atoms with Crippen LogP contribution in [0.4, 0.5) is 5.69 Å². The van der Waals surface area contributed by atoms with Crippen molar-refractivity contribution in [2.45, 2.75) is 17.4 Å². The SMILES string of the molecule is CNc1cccc(S(=O)(=O)NC2CNC(=O)C2)c1. The molecule has 18 heavy (non-hydrogen) atoms. The summed E-state index contributed by atoms with van der Waals surface area (Å²) < 4.78 is 26.7. The third-order valence-electron chi connectivity index (χ3n) is 2.73. The molecule has 0 bridgehead atoms. The summed E-state index contributed by atoms with van der Waals surface area (Å²) in [5.41, 5.74) is 0.721. The lowest BCUT2D eigenvalue weighted by Gasteiger charge is -2.12. The largest absolute Gasteiger partial charge is 0.388 e. The zero-order valence-electron chi connectivity index (χ0n) is 9.93. The molecule has 7 heteroatoms. The Morgan fingerprint density at radius 1 is 1.39 bits per heavy atom. The summed E-state index contributed by atoms with van der Waals surface area (Å²) in [7, 11) is -1.86. The zero-order valence-corrected chi connectivity index (χ0v) is 10.8. The molecular weight excluding hydrogens is 254 g/mol. The van der Waals surface area contributed by atoms with Crippen LogP contribution in [0.25, 0.3) is 0 Å². The lowest BCUT2D eigenvalue weighted by molar-refractivity contribution is -0.119. The molecule has 1 atom stereocenters. The van der Waals surface area contributed by atoms with Gasteiger partial charge in [0.05, 0.1) is 4.90 Å². The lowest BCUT2D eigenvalue weighted by Crippen LogP contribution is -2.36. The second kappa shape index (κ2) is 4.95. The maximum Gasteiger partial charge on any atom is 0.240 e. The van der Waals surface area contributed by atoms with Crippen LogP contribution >= 0.6 is 0 Å². The van der Waals surface area contributed by atoms with Crippen LogP contribution in [-0.2, 0) is 14.8 Å². The van der Waals surface area contributed by atoms with E-state index >= 15 is 0 Å². The molecule has 0 saturated carbocycles. The van der Waals surface area contributed by atoms with Gasteiger partial charge in [-0.2, -0.15) is 0 Å². The number of amides is 1. The summed E-state index contributed by atoms with van der Waals surface area (Å²) in [6, 6.07) is 6.14. The Balaban J connectivity index is 2.17. The highest BCUT2D eigenvalue weighted by Crippen LogP contribution is 2.16. The van der Waals surface area contributed by atoms with Crippen LogP contribution in [0.5, 0.6) is 0 Å². The molecule has 1 unspecified atom stereocenters. The molecular formula is C11H15N3O3S. The molecule has 1 aliphatic heterocycles. The van der Waals surface area contributed by atoms with Crippen LogP contribution in [0, 0.1) is 0 Å². The summed E-state index contributed by atoms with van der Waals surface area (Å²) in [5, 5.41) is 5.47. The molecule has 3 N–H and O–H groups in total. The minimum Gasteiger partial charge on any atom is -0.388 e. The fraction of sp³-hybridized carbons (Fsp3) is 0.364.